The van der Waals surface area contributed by atoms with Crippen LogP contribution in [0.5, 0.6) is 0 Å². The Hall–Kier alpha value is -0.910. The van der Waals surface area contributed by atoms with Crippen LogP contribution in [-0.4, -0.2) is 13.1 Å². The third-order valence-electron chi connectivity index (χ3n) is 1.29. The molecule has 0 saturated carbocycles. The highest BCUT2D eigenvalue weighted by molar-refractivity contribution is 4.79. The highest BCUT2D eigenvalue weighted by atomic mass is 15.1. The van der Waals surface area contributed by atoms with Crippen LogP contribution >= 0.6 is 0 Å². The number of rotatable bonds is 5. The second-order valence-electron chi connectivity index (χ2n) is 2.57. The molecule has 3 heteroatoms. The van der Waals surface area contributed by atoms with Crippen LogP contribution in [0.25, 0.3) is 0 Å². The van der Waals surface area contributed by atoms with E-state index in [0.29, 0.717) is 6.54 Å². The first-order valence-electron chi connectivity index (χ1n) is 4.04. The van der Waals surface area contributed by atoms with Gasteiger partial charge in [0.25, 0.3) is 0 Å². The molecule has 62 valence electrons. The molecule has 0 bridgehead atoms. The molecule has 0 rings (SSSR count). The van der Waals surface area contributed by atoms with E-state index in [0.717, 1.165) is 19.4 Å². The Bertz CT molecular complexity index is 146. The molecule has 0 aliphatic carbocycles. The van der Waals surface area contributed by atoms with E-state index in [4.69, 9.17) is 5.26 Å². The Morgan fingerprint density at radius 2 is 2.18 bits per heavy atom. The molecule has 0 aromatic rings. The van der Waals surface area contributed by atoms with E-state index >= 15 is 0 Å². The Kier molecular flexibility index (Phi) is 6.60. The van der Waals surface area contributed by atoms with E-state index in [1.807, 2.05) is 6.92 Å². The molecule has 0 heterocycles. The summed E-state index contributed by atoms with van der Waals surface area (Å²) in [6.07, 6.45) is 2.23. The van der Waals surface area contributed by atoms with Crippen molar-refractivity contribution in [1.29, 1.82) is 5.26 Å². The zero-order valence-corrected chi connectivity index (χ0v) is 7.25. The van der Waals surface area contributed by atoms with Gasteiger partial charge in [-0.25, -0.2) is 0 Å². The van der Waals surface area contributed by atoms with Gasteiger partial charge in [-0.3, -0.25) is 0 Å². The third kappa shape index (κ3) is 6.98. The van der Waals surface area contributed by atoms with E-state index < -0.39 is 0 Å². The molecule has 0 saturated heterocycles. The van der Waals surface area contributed by atoms with Gasteiger partial charge in [-0.15, -0.1) is 0 Å². The maximum Gasteiger partial charge on any atom is 0.0754 e. The second-order valence-corrected chi connectivity index (χ2v) is 2.57. The van der Waals surface area contributed by atoms with Crippen molar-refractivity contribution in [3.8, 4) is 6.07 Å². The summed E-state index contributed by atoms with van der Waals surface area (Å²) < 4.78 is 0. The number of hydrogen-bond acceptors (Lipinski definition) is 3. The summed E-state index contributed by atoms with van der Waals surface area (Å²) in [7, 11) is 0. The van der Waals surface area contributed by atoms with Gasteiger partial charge in [0.05, 0.1) is 25.1 Å². The fraction of sp³-hybridized carbons (Fsp3) is 0.875. The van der Waals surface area contributed by atoms with Gasteiger partial charge in [-0.1, -0.05) is 13.3 Å². The summed E-state index contributed by atoms with van der Waals surface area (Å²) >= 11 is 0. The number of azo groups is 1. The topological polar surface area (TPSA) is 48.5 Å². The van der Waals surface area contributed by atoms with E-state index in [-0.39, 0.29) is 5.92 Å². The molecule has 0 aliphatic heterocycles. The van der Waals surface area contributed by atoms with Gasteiger partial charge in [0.2, 0.25) is 0 Å². The smallest absolute Gasteiger partial charge is 0.0754 e. The lowest BCUT2D eigenvalue weighted by molar-refractivity contribution is 0.689. The zero-order chi connectivity index (χ0) is 8.53. The van der Waals surface area contributed by atoms with Crippen molar-refractivity contribution in [2.75, 3.05) is 13.1 Å². The average molecular weight is 153 g/mol. The normalized spacial score (nSPS) is 13.2. The van der Waals surface area contributed by atoms with Gasteiger partial charge in [0.1, 0.15) is 0 Å². The average Bonchev–Trinajstić information content (AvgIpc) is 2.04. The van der Waals surface area contributed by atoms with Gasteiger partial charge in [0, 0.05) is 0 Å². The number of hydrogen-bond donors (Lipinski definition) is 0. The molecule has 0 amide bonds. The van der Waals surface area contributed by atoms with Gasteiger partial charge in [-0.05, 0) is 13.3 Å². The van der Waals surface area contributed by atoms with Crippen LogP contribution in [-0.2, 0) is 0 Å². The Morgan fingerprint density at radius 1 is 1.45 bits per heavy atom. The molecule has 0 fully saturated rings. The quantitative estimate of drug-likeness (QED) is 0.442. The minimum atomic E-state index is 0.000349. The van der Waals surface area contributed by atoms with Crippen molar-refractivity contribution in [2.45, 2.75) is 26.7 Å². The molecule has 0 aromatic carbocycles. The molecule has 0 N–H and O–H groups in total. The van der Waals surface area contributed by atoms with Gasteiger partial charge >= 0.3 is 0 Å². The first-order chi connectivity index (χ1) is 5.31. The standard InChI is InChI=1S/C8H15N3/c1-3-4-5-10-11-7-8(2)6-9/h8H,3-5,7H2,1-2H3. The fourth-order valence-corrected chi connectivity index (χ4v) is 0.521. The largest absolute Gasteiger partial charge is 0.198 e. The Balaban J connectivity index is 3.24. The summed E-state index contributed by atoms with van der Waals surface area (Å²) in [5.74, 6) is 0.000349. The van der Waals surface area contributed by atoms with E-state index in [1.54, 1.807) is 0 Å². The second kappa shape index (κ2) is 7.20. The van der Waals surface area contributed by atoms with E-state index in [9.17, 15) is 0 Å². The molecule has 11 heavy (non-hydrogen) atoms. The van der Waals surface area contributed by atoms with E-state index in [1.165, 1.54) is 0 Å². The van der Waals surface area contributed by atoms with Crippen LogP contribution in [0.4, 0.5) is 0 Å². The lowest BCUT2D eigenvalue weighted by atomic mass is 10.2. The zero-order valence-electron chi connectivity index (χ0n) is 7.25. The van der Waals surface area contributed by atoms with Crippen LogP contribution in [0.2, 0.25) is 0 Å². The Labute approximate surface area is 68.1 Å². The summed E-state index contributed by atoms with van der Waals surface area (Å²) in [4.78, 5) is 0. The molecule has 3 nitrogen and oxygen atoms in total. The molecule has 0 spiro atoms. The summed E-state index contributed by atoms with van der Waals surface area (Å²) in [6, 6.07) is 2.10. The van der Waals surface area contributed by atoms with E-state index in [2.05, 4.69) is 23.2 Å². The minimum Gasteiger partial charge on any atom is -0.198 e. The SMILES string of the molecule is CCCCN=NCC(C)C#N. The maximum absolute atomic E-state index is 8.39. The van der Waals surface area contributed by atoms with Gasteiger partial charge in [0.15, 0.2) is 0 Å². The summed E-state index contributed by atoms with van der Waals surface area (Å²) in [5, 5.41) is 16.2. The number of nitrogens with zero attached hydrogens (tertiary/aromatic N) is 3. The molecule has 0 aliphatic rings. The predicted octanol–water partition coefficient (Wildman–Crippen LogP) is 2.40. The van der Waals surface area contributed by atoms with Crippen molar-refractivity contribution in [1.82, 2.24) is 0 Å². The van der Waals surface area contributed by atoms with Crippen LogP contribution in [0.15, 0.2) is 10.2 Å². The van der Waals surface area contributed by atoms with Crippen molar-refractivity contribution < 1.29 is 0 Å². The molecular weight excluding hydrogens is 138 g/mol. The van der Waals surface area contributed by atoms with Gasteiger partial charge < -0.3 is 0 Å². The highest BCUT2D eigenvalue weighted by Gasteiger charge is 1.94. The number of nitriles is 1. The maximum atomic E-state index is 8.39. The first-order valence-corrected chi connectivity index (χ1v) is 4.04. The number of unbranched alkanes of at least 4 members (excludes halogenated alkanes) is 1. The summed E-state index contributed by atoms with van der Waals surface area (Å²) in [5.41, 5.74) is 0. The molecule has 1 atom stereocenters. The first kappa shape index (κ1) is 10.1. The van der Waals surface area contributed by atoms with Crippen LogP contribution in [0.3, 0.4) is 0 Å². The molecule has 1 unspecified atom stereocenters. The van der Waals surface area contributed by atoms with Crippen molar-refractivity contribution >= 4 is 0 Å². The molecule has 0 radical (unpaired) electrons. The van der Waals surface area contributed by atoms with Crippen LogP contribution in [0, 0.1) is 17.2 Å². The van der Waals surface area contributed by atoms with Gasteiger partial charge in [-0.2, -0.15) is 15.5 Å². The van der Waals surface area contributed by atoms with Crippen LogP contribution in [0.1, 0.15) is 26.7 Å². The monoisotopic (exact) mass is 153 g/mol. The summed E-state index contributed by atoms with van der Waals surface area (Å²) in [6.45, 7) is 5.31. The third-order valence-corrected chi connectivity index (χ3v) is 1.29. The van der Waals surface area contributed by atoms with Crippen molar-refractivity contribution in [3.63, 3.8) is 0 Å². The van der Waals surface area contributed by atoms with Crippen molar-refractivity contribution in [2.24, 2.45) is 16.1 Å². The predicted molar refractivity (Wildman–Crippen MR) is 44.3 cm³/mol. The van der Waals surface area contributed by atoms with Crippen LogP contribution < -0.4 is 0 Å². The lowest BCUT2D eigenvalue weighted by Gasteiger charge is -1.92. The molecule has 0 aromatic heterocycles. The fourth-order valence-electron chi connectivity index (χ4n) is 0.521. The minimum absolute atomic E-state index is 0.000349. The van der Waals surface area contributed by atoms with Crippen molar-refractivity contribution in [3.05, 3.63) is 0 Å². The lowest BCUT2D eigenvalue weighted by Crippen LogP contribution is -1.93. The highest BCUT2D eigenvalue weighted by Crippen LogP contribution is 1.93. The Morgan fingerprint density at radius 3 is 2.73 bits per heavy atom. The molecular formula is C8H15N3.